The molecule has 0 bridgehead atoms. The van der Waals surface area contributed by atoms with Gasteiger partial charge in [0.25, 0.3) is 0 Å². The lowest BCUT2D eigenvalue weighted by atomic mass is 10.0. The van der Waals surface area contributed by atoms with Gasteiger partial charge >= 0.3 is 6.09 Å². The predicted octanol–water partition coefficient (Wildman–Crippen LogP) is 2.52. The average molecular weight is 402 g/mol. The molecule has 0 aromatic heterocycles. The quantitative estimate of drug-likeness (QED) is 0.607. The van der Waals surface area contributed by atoms with E-state index in [0.29, 0.717) is 19.7 Å². The van der Waals surface area contributed by atoms with E-state index in [2.05, 4.69) is 44.4 Å². The molecule has 160 valence electrons. The Bertz CT molecular complexity index is 680. The van der Waals surface area contributed by atoms with Crippen LogP contribution in [0.5, 0.6) is 0 Å². The number of benzene rings is 1. The summed E-state index contributed by atoms with van der Waals surface area (Å²) in [6.45, 7) is 9.27. The number of hydrogen-bond acceptors (Lipinski definition) is 4. The number of amides is 1. The van der Waals surface area contributed by atoms with Crippen LogP contribution in [0.2, 0.25) is 0 Å². The van der Waals surface area contributed by atoms with Gasteiger partial charge in [0.05, 0.1) is 6.61 Å². The summed E-state index contributed by atoms with van der Waals surface area (Å²) in [5, 5.41) is 3.53. The fourth-order valence-corrected chi connectivity index (χ4v) is 4.06. The van der Waals surface area contributed by atoms with Crippen molar-refractivity contribution in [1.82, 2.24) is 20.0 Å². The molecule has 2 fully saturated rings. The lowest BCUT2D eigenvalue weighted by Gasteiger charge is -2.36. The molecule has 2 saturated heterocycles. The number of piperazine rings is 1. The molecule has 0 saturated carbocycles. The molecule has 3 rings (SSSR count). The molecule has 7 heteroatoms. The fraction of sp³-hybridized carbons (Fsp3) is 0.636. The number of hydrogen-bond donors (Lipinski definition) is 1. The number of nitrogens with zero attached hydrogens (tertiary/aromatic N) is 4. The Morgan fingerprint density at radius 1 is 1.00 bits per heavy atom. The molecule has 1 N–H and O–H groups in total. The van der Waals surface area contributed by atoms with Gasteiger partial charge in [0.2, 0.25) is 0 Å². The van der Waals surface area contributed by atoms with E-state index in [1.54, 1.807) is 4.90 Å². The Labute approximate surface area is 174 Å². The lowest BCUT2D eigenvalue weighted by molar-refractivity contribution is 0.0914. The van der Waals surface area contributed by atoms with Crippen molar-refractivity contribution in [3.63, 3.8) is 0 Å². The van der Waals surface area contributed by atoms with Crippen molar-refractivity contribution in [2.24, 2.45) is 4.99 Å². The first-order chi connectivity index (χ1) is 14.2. The number of aliphatic imine (C=N–C) groups is 1. The van der Waals surface area contributed by atoms with Gasteiger partial charge in [-0.25, -0.2) is 4.79 Å². The molecule has 0 spiro atoms. The molecule has 0 radical (unpaired) electrons. The third-order valence-corrected chi connectivity index (χ3v) is 5.71. The van der Waals surface area contributed by atoms with Gasteiger partial charge in [0.15, 0.2) is 5.96 Å². The van der Waals surface area contributed by atoms with Gasteiger partial charge in [-0.3, -0.25) is 9.89 Å². The first-order valence-electron chi connectivity index (χ1n) is 10.9. The largest absolute Gasteiger partial charge is 0.450 e. The van der Waals surface area contributed by atoms with E-state index < -0.39 is 0 Å². The first kappa shape index (κ1) is 21.4. The zero-order valence-corrected chi connectivity index (χ0v) is 17.9. The van der Waals surface area contributed by atoms with E-state index in [1.807, 2.05) is 14.0 Å². The molecule has 1 aromatic rings. The van der Waals surface area contributed by atoms with E-state index in [9.17, 15) is 4.79 Å². The van der Waals surface area contributed by atoms with Gasteiger partial charge in [-0.05, 0) is 44.0 Å². The minimum atomic E-state index is -0.221. The molecule has 2 heterocycles. The van der Waals surface area contributed by atoms with E-state index >= 15 is 0 Å². The molecular weight excluding hydrogens is 366 g/mol. The Kier molecular flexibility index (Phi) is 8.16. The fourth-order valence-electron chi connectivity index (χ4n) is 4.06. The van der Waals surface area contributed by atoms with E-state index in [-0.39, 0.29) is 6.09 Å². The molecule has 1 amide bonds. The van der Waals surface area contributed by atoms with Crippen LogP contribution in [0, 0.1) is 0 Å². The highest BCUT2D eigenvalue weighted by atomic mass is 16.6. The summed E-state index contributed by atoms with van der Waals surface area (Å²) in [6.07, 6.45) is 3.76. The zero-order chi connectivity index (χ0) is 20.5. The van der Waals surface area contributed by atoms with E-state index in [0.717, 1.165) is 32.1 Å². The SMILES string of the molecule is CCOC(=O)N1CCN(C(=NC)NCc2ccccc2CN2CCCCC2)CC1. The predicted molar refractivity (Wildman–Crippen MR) is 116 cm³/mol. The first-order valence-corrected chi connectivity index (χ1v) is 10.9. The standard InChI is InChI=1S/C22H35N5O2/c1-3-29-22(28)27-15-13-26(14-16-27)21(23-2)24-17-19-9-5-6-10-20(19)18-25-11-7-4-8-12-25/h5-6,9-10H,3-4,7-8,11-18H2,1-2H3,(H,23,24). The Morgan fingerprint density at radius 3 is 2.31 bits per heavy atom. The number of rotatable bonds is 5. The van der Waals surface area contributed by atoms with Crippen LogP contribution in [-0.2, 0) is 17.8 Å². The smallest absolute Gasteiger partial charge is 0.409 e. The van der Waals surface area contributed by atoms with Gasteiger partial charge in [0.1, 0.15) is 0 Å². The molecule has 2 aliphatic rings. The number of ether oxygens (including phenoxy) is 1. The average Bonchev–Trinajstić information content (AvgIpc) is 2.76. The van der Waals surface area contributed by atoms with Gasteiger partial charge in [-0.15, -0.1) is 0 Å². The highest BCUT2D eigenvalue weighted by molar-refractivity contribution is 5.80. The van der Waals surface area contributed by atoms with Crippen LogP contribution in [-0.4, -0.2) is 79.7 Å². The number of nitrogens with one attached hydrogen (secondary N) is 1. The minimum Gasteiger partial charge on any atom is -0.450 e. The van der Waals surface area contributed by atoms with Gasteiger partial charge in [0, 0.05) is 46.3 Å². The number of carbonyl (C=O) groups is 1. The van der Waals surface area contributed by atoms with Crippen molar-refractivity contribution >= 4 is 12.1 Å². The summed E-state index contributed by atoms with van der Waals surface area (Å²) >= 11 is 0. The van der Waals surface area contributed by atoms with Crippen molar-refractivity contribution in [3.05, 3.63) is 35.4 Å². The van der Waals surface area contributed by atoms with Gasteiger partial charge < -0.3 is 19.9 Å². The molecule has 1 aromatic carbocycles. The van der Waals surface area contributed by atoms with Crippen LogP contribution in [0.4, 0.5) is 4.79 Å². The van der Waals surface area contributed by atoms with E-state index in [4.69, 9.17) is 4.74 Å². The van der Waals surface area contributed by atoms with Crippen molar-refractivity contribution in [2.75, 3.05) is 52.9 Å². The molecule has 7 nitrogen and oxygen atoms in total. The normalized spacial score (nSPS) is 18.6. The van der Waals surface area contributed by atoms with Gasteiger partial charge in [-0.1, -0.05) is 30.7 Å². The maximum Gasteiger partial charge on any atom is 0.409 e. The molecule has 0 unspecified atom stereocenters. The third kappa shape index (κ3) is 6.10. The van der Waals surface area contributed by atoms with Crippen LogP contribution in [0.25, 0.3) is 0 Å². The topological polar surface area (TPSA) is 60.4 Å². The number of carbonyl (C=O) groups excluding carboxylic acids is 1. The molecule has 2 aliphatic heterocycles. The monoisotopic (exact) mass is 401 g/mol. The molecule has 0 atom stereocenters. The number of piperidine rings is 1. The van der Waals surface area contributed by atoms with Crippen LogP contribution < -0.4 is 5.32 Å². The van der Waals surface area contributed by atoms with Crippen molar-refractivity contribution in [3.8, 4) is 0 Å². The van der Waals surface area contributed by atoms with Gasteiger partial charge in [-0.2, -0.15) is 0 Å². The summed E-state index contributed by atoms with van der Waals surface area (Å²) < 4.78 is 5.10. The second kappa shape index (κ2) is 11.0. The zero-order valence-electron chi connectivity index (χ0n) is 17.9. The van der Waals surface area contributed by atoms with Crippen LogP contribution in [0.1, 0.15) is 37.3 Å². The Hall–Kier alpha value is -2.28. The Morgan fingerprint density at radius 2 is 1.66 bits per heavy atom. The summed E-state index contributed by atoms with van der Waals surface area (Å²) in [4.78, 5) is 22.9. The Balaban J connectivity index is 1.53. The van der Waals surface area contributed by atoms with Crippen molar-refractivity contribution in [2.45, 2.75) is 39.3 Å². The van der Waals surface area contributed by atoms with E-state index in [1.165, 1.54) is 43.5 Å². The number of likely N-dealkylation sites (tertiary alicyclic amines) is 1. The minimum absolute atomic E-state index is 0.221. The number of guanidine groups is 1. The summed E-state index contributed by atoms with van der Waals surface area (Å²) in [6, 6.07) is 8.69. The summed E-state index contributed by atoms with van der Waals surface area (Å²) in [5.41, 5.74) is 2.72. The molecule has 29 heavy (non-hydrogen) atoms. The maximum absolute atomic E-state index is 11.9. The van der Waals surface area contributed by atoms with Crippen LogP contribution >= 0.6 is 0 Å². The molecular formula is C22H35N5O2. The van der Waals surface area contributed by atoms with Crippen LogP contribution in [0.3, 0.4) is 0 Å². The van der Waals surface area contributed by atoms with Crippen LogP contribution in [0.15, 0.2) is 29.3 Å². The summed E-state index contributed by atoms with van der Waals surface area (Å²) in [5.74, 6) is 0.890. The third-order valence-electron chi connectivity index (χ3n) is 5.71. The highest BCUT2D eigenvalue weighted by Crippen LogP contribution is 2.16. The highest BCUT2D eigenvalue weighted by Gasteiger charge is 2.23. The molecule has 0 aliphatic carbocycles. The second-order valence-electron chi connectivity index (χ2n) is 7.68. The van der Waals surface area contributed by atoms with Crippen molar-refractivity contribution in [1.29, 1.82) is 0 Å². The van der Waals surface area contributed by atoms with Crippen molar-refractivity contribution < 1.29 is 9.53 Å². The lowest BCUT2D eigenvalue weighted by Crippen LogP contribution is -2.53. The second-order valence-corrected chi connectivity index (χ2v) is 7.68. The maximum atomic E-state index is 11.9. The summed E-state index contributed by atoms with van der Waals surface area (Å²) in [7, 11) is 1.82.